The topological polar surface area (TPSA) is 20.3 Å². The Morgan fingerprint density at radius 3 is 1.89 bits per heavy atom. The van der Waals surface area contributed by atoms with Gasteiger partial charge in [0.25, 0.3) is 0 Å². The standard InChI is InChI=1S/C4H6ClNO.C2H6/c5-4(7)6-2-1-3-6;1-2/h1-3H2;1-2H3. The Bertz CT molecular complexity index is 91.1. The van der Waals surface area contributed by atoms with Gasteiger partial charge in [0.1, 0.15) is 0 Å². The van der Waals surface area contributed by atoms with Gasteiger partial charge in [0.2, 0.25) is 0 Å². The van der Waals surface area contributed by atoms with Gasteiger partial charge in [0, 0.05) is 13.1 Å². The van der Waals surface area contributed by atoms with E-state index in [2.05, 4.69) is 0 Å². The molecule has 3 heteroatoms. The number of likely N-dealkylation sites (tertiary alicyclic amines) is 1. The van der Waals surface area contributed by atoms with Crippen molar-refractivity contribution in [2.24, 2.45) is 0 Å². The molecule has 0 aliphatic carbocycles. The van der Waals surface area contributed by atoms with Crippen molar-refractivity contribution in [2.75, 3.05) is 13.1 Å². The zero-order valence-corrected chi connectivity index (χ0v) is 6.61. The second-order valence-corrected chi connectivity index (χ2v) is 1.92. The Balaban J connectivity index is 0.000000291. The molecular formula is C6H12ClNO. The molecule has 0 atom stereocenters. The van der Waals surface area contributed by atoms with Gasteiger partial charge >= 0.3 is 5.37 Å². The second-order valence-electron chi connectivity index (χ2n) is 1.59. The van der Waals surface area contributed by atoms with Gasteiger partial charge in [-0.05, 0) is 18.0 Å². The summed E-state index contributed by atoms with van der Waals surface area (Å²) in [6.07, 6.45) is 1.11. The third kappa shape index (κ3) is 2.70. The lowest BCUT2D eigenvalue weighted by atomic mass is 10.2. The van der Waals surface area contributed by atoms with E-state index in [1.807, 2.05) is 13.8 Å². The van der Waals surface area contributed by atoms with E-state index in [-0.39, 0.29) is 5.37 Å². The first-order chi connectivity index (χ1) is 4.30. The first kappa shape index (κ1) is 8.76. The molecule has 0 aromatic carbocycles. The molecule has 0 unspecified atom stereocenters. The van der Waals surface area contributed by atoms with Crippen LogP contribution < -0.4 is 0 Å². The largest absolute Gasteiger partial charge is 0.329 e. The molecule has 1 amide bonds. The average molecular weight is 150 g/mol. The van der Waals surface area contributed by atoms with Crippen LogP contribution in [0, 0.1) is 0 Å². The lowest BCUT2D eigenvalue weighted by Gasteiger charge is -2.27. The number of carbonyl (C=O) groups excluding carboxylic acids is 1. The molecule has 0 bridgehead atoms. The zero-order valence-electron chi connectivity index (χ0n) is 5.85. The fraction of sp³-hybridized carbons (Fsp3) is 0.833. The predicted molar refractivity (Wildman–Crippen MR) is 38.8 cm³/mol. The fourth-order valence-electron chi connectivity index (χ4n) is 0.492. The number of rotatable bonds is 0. The van der Waals surface area contributed by atoms with E-state index in [9.17, 15) is 4.79 Å². The maximum atomic E-state index is 10.1. The summed E-state index contributed by atoms with van der Waals surface area (Å²) < 4.78 is 0. The van der Waals surface area contributed by atoms with Crippen LogP contribution in [0.3, 0.4) is 0 Å². The molecule has 0 radical (unpaired) electrons. The number of halogens is 1. The Hall–Kier alpha value is -0.240. The summed E-state index contributed by atoms with van der Waals surface area (Å²) in [6, 6.07) is 0. The summed E-state index contributed by atoms with van der Waals surface area (Å²) in [4.78, 5) is 11.7. The average Bonchev–Trinajstić information content (AvgIpc) is 1.65. The van der Waals surface area contributed by atoms with Crippen LogP contribution in [0.5, 0.6) is 0 Å². The maximum absolute atomic E-state index is 10.1. The van der Waals surface area contributed by atoms with Crippen LogP contribution >= 0.6 is 11.6 Å². The van der Waals surface area contributed by atoms with Crippen LogP contribution in [-0.2, 0) is 0 Å². The molecule has 0 aromatic rings. The predicted octanol–water partition coefficient (Wildman–Crippen LogP) is 2.08. The molecule has 0 aromatic heterocycles. The summed E-state index contributed by atoms with van der Waals surface area (Å²) in [5, 5.41) is -0.314. The maximum Gasteiger partial charge on any atom is 0.316 e. The van der Waals surface area contributed by atoms with Crippen LogP contribution in [0.25, 0.3) is 0 Å². The van der Waals surface area contributed by atoms with Crippen molar-refractivity contribution < 1.29 is 4.79 Å². The quantitative estimate of drug-likeness (QED) is 0.382. The lowest BCUT2D eigenvalue weighted by Crippen LogP contribution is -2.38. The highest BCUT2D eigenvalue weighted by atomic mass is 35.5. The molecule has 2 nitrogen and oxygen atoms in total. The monoisotopic (exact) mass is 149 g/mol. The number of amides is 1. The first-order valence-electron chi connectivity index (χ1n) is 3.25. The first-order valence-corrected chi connectivity index (χ1v) is 3.63. The smallest absolute Gasteiger partial charge is 0.316 e. The molecule has 1 rings (SSSR count). The van der Waals surface area contributed by atoms with Gasteiger partial charge in [0.05, 0.1) is 0 Å². The van der Waals surface area contributed by atoms with Crippen molar-refractivity contribution in [1.82, 2.24) is 4.90 Å². The third-order valence-electron chi connectivity index (χ3n) is 1.10. The Labute approximate surface area is 60.8 Å². The lowest BCUT2D eigenvalue weighted by molar-refractivity contribution is 0.191. The zero-order chi connectivity index (χ0) is 7.28. The van der Waals surface area contributed by atoms with E-state index in [0.717, 1.165) is 19.5 Å². The Kier molecular flexibility index (Phi) is 4.50. The number of nitrogens with zero attached hydrogens (tertiary/aromatic N) is 1. The highest BCUT2D eigenvalue weighted by Crippen LogP contribution is 2.07. The molecule has 1 aliphatic rings. The van der Waals surface area contributed by atoms with Gasteiger partial charge in [-0.2, -0.15) is 0 Å². The summed E-state index contributed by atoms with van der Waals surface area (Å²) in [6.45, 7) is 5.70. The van der Waals surface area contributed by atoms with E-state index in [1.165, 1.54) is 0 Å². The fourth-order valence-corrected chi connectivity index (χ4v) is 0.661. The molecule has 1 heterocycles. The van der Waals surface area contributed by atoms with Crippen LogP contribution in [0.2, 0.25) is 0 Å². The number of hydrogen-bond acceptors (Lipinski definition) is 1. The van der Waals surface area contributed by atoms with E-state index in [4.69, 9.17) is 11.6 Å². The Morgan fingerprint density at radius 1 is 1.44 bits per heavy atom. The van der Waals surface area contributed by atoms with Gasteiger partial charge in [-0.25, -0.2) is 0 Å². The molecule has 54 valence electrons. The summed E-state index contributed by atoms with van der Waals surface area (Å²) in [5.74, 6) is 0. The third-order valence-corrected chi connectivity index (χ3v) is 1.34. The number of hydrogen-bond donors (Lipinski definition) is 0. The summed E-state index contributed by atoms with van der Waals surface area (Å²) >= 11 is 5.07. The molecule has 0 saturated carbocycles. The van der Waals surface area contributed by atoms with Crippen LogP contribution in [0.1, 0.15) is 20.3 Å². The molecule has 1 saturated heterocycles. The highest BCUT2D eigenvalue weighted by Gasteiger charge is 2.16. The van der Waals surface area contributed by atoms with Crippen molar-refractivity contribution >= 4 is 17.0 Å². The molecule has 9 heavy (non-hydrogen) atoms. The van der Waals surface area contributed by atoms with Crippen molar-refractivity contribution in [2.45, 2.75) is 20.3 Å². The van der Waals surface area contributed by atoms with Crippen molar-refractivity contribution in [3.8, 4) is 0 Å². The summed E-state index contributed by atoms with van der Waals surface area (Å²) in [7, 11) is 0. The minimum absolute atomic E-state index is 0.314. The van der Waals surface area contributed by atoms with Crippen LogP contribution in [0.4, 0.5) is 4.79 Å². The van der Waals surface area contributed by atoms with Gasteiger partial charge in [-0.15, -0.1) is 0 Å². The minimum Gasteiger partial charge on any atom is -0.329 e. The van der Waals surface area contributed by atoms with Gasteiger partial charge in [-0.1, -0.05) is 13.8 Å². The minimum atomic E-state index is -0.314. The molecule has 1 fully saturated rings. The van der Waals surface area contributed by atoms with Gasteiger partial charge in [-0.3, -0.25) is 4.79 Å². The SMILES string of the molecule is CC.O=C(Cl)N1CCC1. The Morgan fingerprint density at radius 2 is 1.89 bits per heavy atom. The van der Waals surface area contributed by atoms with E-state index in [1.54, 1.807) is 4.90 Å². The second kappa shape index (κ2) is 4.62. The van der Waals surface area contributed by atoms with Gasteiger partial charge < -0.3 is 4.90 Å². The number of carbonyl (C=O) groups is 1. The summed E-state index contributed by atoms with van der Waals surface area (Å²) in [5.41, 5.74) is 0. The van der Waals surface area contributed by atoms with Crippen molar-refractivity contribution in [3.05, 3.63) is 0 Å². The molecular weight excluding hydrogens is 138 g/mol. The van der Waals surface area contributed by atoms with E-state index >= 15 is 0 Å². The molecule has 1 aliphatic heterocycles. The normalized spacial score (nSPS) is 15.2. The molecule has 0 spiro atoms. The van der Waals surface area contributed by atoms with E-state index in [0.29, 0.717) is 0 Å². The van der Waals surface area contributed by atoms with E-state index < -0.39 is 0 Å². The van der Waals surface area contributed by atoms with Crippen molar-refractivity contribution in [3.63, 3.8) is 0 Å². The molecule has 0 N–H and O–H groups in total. The van der Waals surface area contributed by atoms with Crippen molar-refractivity contribution in [1.29, 1.82) is 0 Å². The van der Waals surface area contributed by atoms with Gasteiger partial charge in [0.15, 0.2) is 0 Å². The van der Waals surface area contributed by atoms with Crippen LogP contribution in [-0.4, -0.2) is 23.4 Å². The van der Waals surface area contributed by atoms with Crippen LogP contribution in [0.15, 0.2) is 0 Å². The highest BCUT2D eigenvalue weighted by molar-refractivity contribution is 6.62.